The summed E-state index contributed by atoms with van der Waals surface area (Å²) in [5, 5.41) is 15.0. The topological polar surface area (TPSA) is 68.5 Å². The van der Waals surface area contributed by atoms with Crippen LogP contribution in [0.2, 0.25) is 0 Å². The van der Waals surface area contributed by atoms with Crippen LogP contribution in [0.25, 0.3) is 5.69 Å². The second-order valence-corrected chi connectivity index (χ2v) is 6.53. The van der Waals surface area contributed by atoms with Gasteiger partial charge in [-0.3, -0.25) is 10.3 Å². The van der Waals surface area contributed by atoms with Crippen LogP contribution < -0.4 is 5.32 Å². The minimum absolute atomic E-state index is 0.204. The van der Waals surface area contributed by atoms with E-state index in [1.165, 1.54) is 16.8 Å². The van der Waals surface area contributed by atoms with Crippen LogP contribution in [-0.4, -0.2) is 25.2 Å². The van der Waals surface area contributed by atoms with Gasteiger partial charge in [-0.1, -0.05) is 36.4 Å². The highest BCUT2D eigenvalue weighted by Gasteiger charge is 2.30. The lowest BCUT2D eigenvalue weighted by molar-refractivity contribution is -0.137. The summed E-state index contributed by atoms with van der Waals surface area (Å²) in [6.07, 6.45) is -2.67. The Balaban J connectivity index is 1.57. The molecule has 9 heteroatoms. The third-order valence-corrected chi connectivity index (χ3v) is 4.55. The maximum Gasteiger partial charge on any atom is 0.416 e. The Morgan fingerprint density at radius 3 is 2.30 bits per heavy atom. The zero-order valence-corrected chi connectivity index (χ0v) is 15.7. The van der Waals surface area contributed by atoms with Gasteiger partial charge in [0.25, 0.3) is 0 Å². The first kappa shape index (κ1) is 19.7. The Morgan fingerprint density at radius 2 is 1.63 bits per heavy atom. The molecule has 0 aliphatic carbocycles. The van der Waals surface area contributed by atoms with Gasteiger partial charge >= 0.3 is 6.18 Å². The molecule has 0 aliphatic rings. The van der Waals surface area contributed by atoms with Crippen LogP contribution in [0.5, 0.6) is 0 Å². The normalized spacial score (nSPS) is 12.6. The van der Waals surface area contributed by atoms with Crippen LogP contribution in [0.15, 0.2) is 79.0 Å². The van der Waals surface area contributed by atoms with Crippen molar-refractivity contribution < 1.29 is 13.2 Å². The van der Waals surface area contributed by atoms with Crippen molar-refractivity contribution in [2.24, 2.45) is 0 Å². The SMILES string of the molecule is FC(F)(F)c1ccc(-n2nnnc2CNC(c2ccccc2)c2ccccn2)cc1. The minimum atomic E-state index is -4.39. The number of halogens is 3. The predicted octanol–water partition coefficient (Wildman–Crippen LogP) is 3.96. The lowest BCUT2D eigenvalue weighted by atomic mass is 10.0. The highest BCUT2D eigenvalue weighted by molar-refractivity contribution is 5.35. The van der Waals surface area contributed by atoms with Gasteiger partial charge in [0.2, 0.25) is 0 Å². The summed E-state index contributed by atoms with van der Waals surface area (Å²) in [6.45, 7) is 0.282. The third kappa shape index (κ3) is 4.36. The molecule has 152 valence electrons. The molecule has 0 bridgehead atoms. The van der Waals surface area contributed by atoms with E-state index in [0.29, 0.717) is 11.5 Å². The number of pyridine rings is 1. The monoisotopic (exact) mass is 410 g/mol. The lowest BCUT2D eigenvalue weighted by Crippen LogP contribution is -2.24. The molecule has 0 spiro atoms. The van der Waals surface area contributed by atoms with Crippen molar-refractivity contribution >= 4 is 0 Å². The molecule has 0 fully saturated rings. The summed E-state index contributed by atoms with van der Waals surface area (Å²) in [4.78, 5) is 4.44. The highest BCUT2D eigenvalue weighted by atomic mass is 19.4. The molecule has 0 saturated heterocycles. The summed E-state index contributed by atoms with van der Waals surface area (Å²) in [5.41, 5.74) is 1.57. The van der Waals surface area contributed by atoms with E-state index in [9.17, 15) is 13.2 Å². The molecular formula is C21H17F3N6. The molecule has 1 unspecified atom stereocenters. The molecular weight excluding hydrogens is 393 g/mol. The average Bonchev–Trinajstić information content (AvgIpc) is 3.23. The van der Waals surface area contributed by atoms with E-state index in [1.807, 2.05) is 48.5 Å². The van der Waals surface area contributed by atoms with Gasteiger partial charge in [-0.2, -0.15) is 17.9 Å². The van der Waals surface area contributed by atoms with Crippen LogP contribution in [0, 0.1) is 0 Å². The summed E-state index contributed by atoms with van der Waals surface area (Å²) >= 11 is 0. The number of aromatic nitrogens is 5. The number of nitrogens with one attached hydrogen (secondary N) is 1. The zero-order valence-electron chi connectivity index (χ0n) is 15.7. The Kier molecular flexibility index (Phi) is 5.53. The fourth-order valence-electron chi connectivity index (χ4n) is 3.09. The van der Waals surface area contributed by atoms with E-state index >= 15 is 0 Å². The van der Waals surface area contributed by atoms with Crippen molar-refractivity contribution in [2.45, 2.75) is 18.8 Å². The van der Waals surface area contributed by atoms with Crippen molar-refractivity contribution in [3.05, 3.63) is 102 Å². The largest absolute Gasteiger partial charge is 0.416 e. The number of rotatable bonds is 6. The number of nitrogens with zero attached hydrogens (tertiary/aromatic N) is 5. The van der Waals surface area contributed by atoms with E-state index in [0.717, 1.165) is 23.4 Å². The van der Waals surface area contributed by atoms with Gasteiger partial charge in [0.15, 0.2) is 5.82 Å². The highest BCUT2D eigenvalue weighted by Crippen LogP contribution is 2.29. The molecule has 1 N–H and O–H groups in total. The van der Waals surface area contributed by atoms with Gasteiger partial charge in [0, 0.05) is 6.20 Å². The molecule has 6 nitrogen and oxygen atoms in total. The van der Waals surface area contributed by atoms with E-state index in [2.05, 4.69) is 25.8 Å². The summed E-state index contributed by atoms with van der Waals surface area (Å²) < 4.78 is 39.8. The fourth-order valence-corrected chi connectivity index (χ4v) is 3.09. The number of benzene rings is 2. The van der Waals surface area contributed by atoms with E-state index in [4.69, 9.17) is 0 Å². The molecule has 0 amide bonds. The number of hydrogen-bond acceptors (Lipinski definition) is 5. The maximum absolute atomic E-state index is 12.8. The van der Waals surface area contributed by atoms with Crippen LogP contribution in [0.4, 0.5) is 13.2 Å². The molecule has 2 aromatic heterocycles. The first-order valence-corrected chi connectivity index (χ1v) is 9.16. The van der Waals surface area contributed by atoms with Crippen molar-refractivity contribution in [3.8, 4) is 5.69 Å². The summed E-state index contributed by atoms with van der Waals surface area (Å²) in [6, 6.07) is 20.0. The first-order valence-electron chi connectivity index (χ1n) is 9.16. The van der Waals surface area contributed by atoms with Crippen molar-refractivity contribution in [2.75, 3.05) is 0 Å². The number of hydrogen-bond donors (Lipinski definition) is 1. The number of alkyl halides is 3. The van der Waals surface area contributed by atoms with E-state index in [-0.39, 0.29) is 12.6 Å². The second kappa shape index (κ2) is 8.42. The smallest absolute Gasteiger partial charge is 0.298 e. The quantitative estimate of drug-likeness (QED) is 0.521. The summed E-state index contributed by atoms with van der Waals surface area (Å²) in [7, 11) is 0. The molecule has 4 aromatic rings. The number of tetrazole rings is 1. The van der Waals surface area contributed by atoms with E-state index < -0.39 is 11.7 Å². The van der Waals surface area contributed by atoms with Crippen molar-refractivity contribution in [1.29, 1.82) is 0 Å². The van der Waals surface area contributed by atoms with Crippen molar-refractivity contribution in [1.82, 2.24) is 30.5 Å². The average molecular weight is 410 g/mol. The Hall–Kier alpha value is -3.59. The summed E-state index contributed by atoms with van der Waals surface area (Å²) in [5.74, 6) is 0.464. The van der Waals surface area contributed by atoms with Gasteiger partial charge in [0.05, 0.1) is 29.5 Å². The molecule has 2 aromatic carbocycles. The van der Waals surface area contributed by atoms with Gasteiger partial charge in [-0.05, 0) is 52.4 Å². The van der Waals surface area contributed by atoms with Gasteiger partial charge in [-0.25, -0.2) is 0 Å². The van der Waals surface area contributed by atoms with Crippen LogP contribution in [0.3, 0.4) is 0 Å². The Bertz CT molecular complexity index is 1040. The molecule has 30 heavy (non-hydrogen) atoms. The molecule has 0 saturated carbocycles. The molecule has 4 rings (SSSR count). The van der Waals surface area contributed by atoms with E-state index in [1.54, 1.807) is 6.20 Å². The maximum atomic E-state index is 12.8. The zero-order chi connectivity index (χ0) is 21.0. The minimum Gasteiger partial charge on any atom is -0.298 e. The molecule has 0 radical (unpaired) electrons. The standard InChI is InChI=1S/C21H17F3N6/c22-21(23,24)16-9-11-17(12-10-16)30-19(27-28-29-30)14-26-20(15-6-2-1-3-7-15)18-8-4-5-13-25-18/h1-13,20,26H,14H2. The third-order valence-electron chi connectivity index (χ3n) is 4.55. The Morgan fingerprint density at radius 1 is 0.900 bits per heavy atom. The lowest BCUT2D eigenvalue weighted by Gasteiger charge is -2.18. The van der Waals surface area contributed by atoms with Gasteiger partial charge < -0.3 is 0 Å². The molecule has 1 atom stereocenters. The first-order chi connectivity index (χ1) is 14.5. The van der Waals surface area contributed by atoms with Crippen LogP contribution in [-0.2, 0) is 12.7 Å². The van der Waals surface area contributed by atoms with Crippen LogP contribution >= 0.6 is 0 Å². The Labute approximate surface area is 170 Å². The van der Waals surface area contributed by atoms with Crippen molar-refractivity contribution in [3.63, 3.8) is 0 Å². The second-order valence-electron chi connectivity index (χ2n) is 6.53. The molecule has 0 aliphatic heterocycles. The van der Waals surface area contributed by atoms with Gasteiger partial charge in [-0.15, -0.1) is 5.10 Å². The fraction of sp³-hybridized carbons (Fsp3) is 0.143. The van der Waals surface area contributed by atoms with Gasteiger partial charge in [0.1, 0.15) is 0 Å². The van der Waals surface area contributed by atoms with Crippen LogP contribution in [0.1, 0.15) is 28.7 Å². The molecule has 2 heterocycles. The predicted molar refractivity (Wildman–Crippen MR) is 104 cm³/mol.